The van der Waals surface area contributed by atoms with Crippen LogP contribution in [0.5, 0.6) is 0 Å². The van der Waals surface area contributed by atoms with Gasteiger partial charge in [-0.15, -0.1) is 5.10 Å². The number of ether oxygens (including phenoxy) is 1. The van der Waals surface area contributed by atoms with E-state index in [1.165, 1.54) is 0 Å². The smallest absolute Gasteiger partial charge is 0.357 e. The number of carbonyl (C=O) groups excluding carboxylic acids is 1. The number of carbonyl (C=O) groups is 1. The molecular formula is C46H44N6O3. The van der Waals surface area contributed by atoms with E-state index in [-0.39, 0.29) is 11.4 Å². The standard InChI is InChI=1S/C46H44N6O3/c1-5-18-40-47-41(42(48-40)45(3,4)54)44(53)55-37(6-2)31-32-27-29-33(30-28-32)38-25-16-17-26-39(38)43-49-50-51-52(43)46(34-19-10-7-11-20-34,35-21-12-8-13-22-35)36-23-14-9-15-24-36/h6-17,19-30,37,54H,2,5,18,31H2,1,3-4H3,(H,47,48). The van der Waals surface area contributed by atoms with Crippen molar-refractivity contribution in [1.29, 1.82) is 0 Å². The van der Waals surface area contributed by atoms with Crippen molar-refractivity contribution in [2.24, 2.45) is 0 Å². The van der Waals surface area contributed by atoms with E-state index in [0.717, 1.165) is 45.4 Å². The average molecular weight is 729 g/mol. The zero-order chi connectivity index (χ0) is 38.4. The first-order valence-corrected chi connectivity index (χ1v) is 18.5. The number of aryl methyl sites for hydroxylation is 1. The molecule has 0 radical (unpaired) electrons. The molecule has 0 spiro atoms. The van der Waals surface area contributed by atoms with Crippen LogP contribution in [0.15, 0.2) is 152 Å². The molecule has 9 heteroatoms. The SMILES string of the molecule is C=CC(Cc1ccc(-c2ccccc2-c2nnnn2C(c2ccccc2)(c2ccccc2)c2ccccc2)cc1)OC(=O)c1[nH]c(CCC)nc1C(C)(C)O. The molecule has 0 aliphatic heterocycles. The molecule has 7 aromatic rings. The first-order chi connectivity index (χ1) is 26.7. The highest BCUT2D eigenvalue weighted by Gasteiger charge is 2.42. The van der Waals surface area contributed by atoms with E-state index in [1.54, 1.807) is 19.9 Å². The molecule has 2 aromatic heterocycles. The highest BCUT2D eigenvalue weighted by molar-refractivity contribution is 5.89. The second-order valence-electron chi connectivity index (χ2n) is 14.1. The van der Waals surface area contributed by atoms with Crippen LogP contribution in [0.2, 0.25) is 0 Å². The Morgan fingerprint density at radius 2 is 1.36 bits per heavy atom. The second-order valence-corrected chi connectivity index (χ2v) is 14.1. The molecule has 0 bridgehead atoms. The lowest BCUT2D eigenvalue weighted by Crippen LogP contribution is -2.39. The van der Waals surface area contributed by atoms with Crippen LogP contribution in [-0.4, -0.2) is 47.4 Å². The first kappa shape index (κ1) is 36.9. The number of H-pyrrole nitrogens is 1. The van der Waals surface area contributed by atoms with E-state index in [1.807, 2.05) is 96.5 Å². The maximum atomic E-state index is 13.4. The van der Waals surface area contributed by atoms with Crippen molar-refractivity contribution >= 4 is 5.97 Å². The summed E-state index contributed by atoms with van der Waals surface area (Å²) in [5, 5.41) is 24.4. The number of nitrogens with one attached hydrogen (secondary N) is 1. The largest absolute Gasteiger partial charge is 0.453 e. The van der Waals surface area contributed by atoms with Gasteiger partial charge in [0.1, 0.15) is 28.8 Å². The van der Waals surface area contributed by atoms with E-state index >= 15 is 0 Å². The van der Waals surface area contributed by atoms with Crippen LogP contribution in [0.1, 0.15) is 71.5 Å². The molecule has 2 heterocycles. The first-order valence-electron chi connectivity index (χ1n) is 18.5. The van der Waals surface area contributed by atoms with Crippen LogP contribution in [-0.2, 0) is 28.7 Å². The molecule has 9 nitrogen and oxygen atoms in total. The third kappa shape index (κ3) is 7.39. The summed E-state index contributed by atoms with van der Waals surface area (Å²) in [5.74, 6) is 0.663. The Morgan fingerprint density at radius 3 is 1.89 bits per heavy atom. The third-order valence-electron chi connectivity index (χ3n) is 9.78. The number of hydrogen-bond acceptors (Lipinski definition) is 7. The molecule has 2 N–H and O–H groups in total. The van der Waals surface area contributed by atoms with Gasteiger partial charge in [0.05, 0.1) is 0 Å². The van der Waals surface area contributed by atoms with Gasteiger partial charge < -0.3 is 14.8 Å². The van der Waals surface area contributed by atoms with Gasteiger partial charge in [0.25, 0.3) is 0 Å². The van der Waals surface area contributed by atoms with E-state index in [0.29, 0.717) is 24.5 Å². The molecule has 0 saturated carbocycles. The molecule has 1 atom stereocenters. The molecule has 0 aliphatic carbocycles. The number of aromatic nitrogens is 6. The fourth-order valence-corrected chi connectivity index (χ4v) is 7.21. The van der Waals surface area contributed by atoms with Crippen LogP contribution in [0.4, 0.5) is 0 Å². The number of imidazole rings is 1. The lowest BCUT2D eigenvalue weighted by Gasteiger charge is -2.36. The molecule has 5 aromatic carbocycles. The van der Waals surface area contributed by atoms with E-state index in [2.05, 4.69) is 81.5 Å². The van der Waals surface area contributed by atoms with Gasteiger partial charge in [-0.25, -0.2) is 14.5 Å². The van der Waals surface area contributed by atoms with Crippen LogP contribution in [0.25, 0.3) is 22.5 Å². The molecular weight excluding hydrogens is 685 g/mol. The van der Waals surface area contributed by atoms with Crippen molar-refractivity contribution in [3.05, 3.63) is 192 Å². The van der Waals surface area contributed by atoms with Gasteiger partial charge in [-0.2, -0.15) is 0 Å². The molecule has 55 heavy (non-hydrogen) atoms. The number of esters is 1. The van der Waals surface area contributed by atoms with Crippen molar-refractivity contribution in [2.75, 3.05) is 0 Å². The van der Waals surface area contributed by atoms with Crippen molar-refractivity contribution in [1.82, 2.24) is 30.2 Å². The molecule has 1 unspecified atom stereocenters. The maximum absolute atomic E-state index is 13.4. The van der Waals surface area contributed by atoms with Crippen molar-refractivity contribution in [2.45, 2.75) is 57.3 Å². The summed E-state index contributed by atoms with van der Waals surface area (Å²) in [6.07, 6.45) is 2.92. The normalized spacial score (nSPS) is 12.3. The van der Waals surface area contributed by atoms with Gasteiger partial charge in [-0.1, -0.05) is 159 Å². The summed E-state index contributed by atoms with van der Waals surface area (Å²) < 4.78 is 7.83. The zero-order valence-electron chi connectivity index (χ0n) is 31.3. The fraction of sp³-hybridized carbons (Fsp3) is 0.196. The third-order valence-corrected chi connectivity index (χ3v) is 9.78. The predicted octanol–water partition coefficient (Wildman–Crippen LogP) is 8.70. The minimum absolute atomic E-state index is 0.160. The number of tetrazole rings is 1. The highest BCUT2D eigenvalue weighted by atomic mass is 16.5. The monoisotopic (exact) mass is 728 g/mol. The second kappa shape index (κ2) is 15.9. The predicted molar refractivity (Wildman–Crippen MR) is 214 cm³/mol. The van der Waals surface area contributed by atoms with Crippen LogP contribution < -0.4 is 0 Å². The van der Waals surface area contributed by atoms with Crippen LogP contribution >= 0.6 is 0 Å². The van der Waals surface area contributed by atoms with Crippen molar-refractivity contribution in [3.63, 3.8) is 0 Å². The lowest BCUT2D eigenvalue weighted by atomic mass is 9.77. The van der Waals surface area contributed by atoms with Gasteiger partial charge in [0.15, 0.2) is 11.5 Å². The molecule has 0 amide bonds. The summed E-state index contributed by atoms with van der Waals surface area (Å²) in [4.78, 5) is 20.9. The molecule has 0 fully saturated rings. The number of rotatable bonds is 14. The van der Waals surface area contributed by atoms with E-state index < -0.39 is 23.2 Å². The number of benzene rings is 5. The van der Waals surface area contributed by atoms with Gasteiger partial charge in [-0.3, -0.25) is 0 Å². The summed E-state index contributed by atoms with van der Waals surface area (Å²) >= 11 is 0. The van der Waals surface area contributed by atoms with Crippen LogP contribution in [0.3, 0.4) is 0 Å². The minimum atomic E-state index is -1.32. The van der Waals surface area contributed by atoms with Crippen LogP contribution in [0, 0.1) is 0 Å². The highest BCUT2D eigenvalue weighted by Crippen LogP contribution is 2.43. The van der Waals surface area contributed by atoms with Crippen molar-refractivity contribution < 1.29 is 14.6 Å². The number of nitrogens with zero attached hydrogens (tertiary/aromatic N) is 5. The minimum Gasteiger partial charge on any atom is -0.453 e. The molecule has 7 rings (SSSR count). The lowest BCUT2D eigenvalue weighted by molar-refractivity contribution is 0.0358. The van der Waals surface area contributed by atoms with Gasteiger partial charge >= 0.3 is 5.97 Å². The number of aromatic amines is 1. The Kier molecular flexibility index (Phi) is 10.7. The quantitative estimate of drug-likeness (QED) is 0.0654. The Labute approximate surface area is 321 Å². The van der Waals surface area contributed by atoms with E-state index in [9.17, 15) is 9.90 Å². The zero-order valence-corrected chi connectivity index (χ0v) is 31.3. The van der Waals surface area contributed by atoms with Gasteiger partial charge in [-0.05, 0) is 64.1 Å². The summed E-state index contributed by atoms with van der Waals surface area (Å²) in [6, 6.07) is 47.3. The maximum Gasteiger partial charge on any atom is 0.357 e. The Hall–Kier alpha value is -6.45. The van der Waals surface area contributed by atoms with E-state index in [4.69, 9.17) is 9.95 Å². The number of aliphatic hydroxyl groups is 1. The number of hydrogen-bond donors (Lipinski definition) is 2. The Morgan fingerprint density at radius 1 is 0.818 bits per heavy atom. The molecule has 0 saturated heterocycles. The summed E-state index contributed by atoms with van der Waals surface area (Å²) in [5.41, 5.74) is 5.04. The molecule has 0 aliphatic rings. The summed E-state index contributed by atoms with van der Waals surface area (Å²) in [7, 11) is 0. The van der Waals surface area contributed by atoms with Gasteiger partial charge in [0.2, 0.25) is 0 Å². The Bertz CT molecular complexity index is 2270. The summed E-state index contributed by atoms with van der Waals surface area (Å²) in [6.45, 7) is 9.17. The topological polar surface area (TPSA) is 119 Å². The fourth-order valence-electron chi connectivity index (χ4n) is 7.21. The van der Waals surface area contributed by atoms with Crippen molar-refractivity contribution in [3.8, 4) is 22.5 Å². The van der Waals surface area contributed by atoms with Gasteiger partial charge in [0, 0.05) is 18.4 Å². The molecule has 276 valence electrons. The average Bonchev–Trinajstić information content (AvgIpc) is 3.89. The Balaban J connectivity index is 1.22.